The zero-order valence-corrected chi connectivity index (χ0v) is 46.3. The lowest BCUT2D eigenvalue weighted by molar-refractivity contribution is -0.161. The minimum absolute atomic E-state index is 0.164. The normalized spacial score (nSPS) is 13.5. The lowest BCUT2D eigenvalue weighted by Gasteiger charge is -2.20. The molecule has 0 heterocycles. The maximum atomic E-state index is 12.7. The Hall–Kier alpha value is -2.04. The van der Waals surface area contributed by atoms with Crippen LogP contribution < -0.4 is 5.73 Å². The van der Waals surface area contributed by atoms with Crippen molar-refractivity contribution >= 4 is 25.7 Å². The number of esters is 2. The number of unbranched alkanes of at least 4 members (excludes halogenated alkanes) is 38. The maximum Gasteiger partial charge on any atom is 0.472 e. The predicted octanol–water partition coefficient (Wildman–Crippen LogP) is 17.3. The Labute approximate surface area is 430 Å². The minimum Gasteiger partial charge on any atom is -0.480 e. The molecule has 0 fully saturated rings. The van der Waals surface area contributed by atoms with Gasteiger partial charge in [0.1, 0.15) is 12.6 Å². The van der Waals surface area contributed by atoms with E-state index in [4.69, 9.17) is 29.4 Å². The van der Waals surface area contributed by atoms with Gasteiger partial charge in [0.05, 0.1) is 13.2 Å². The van der Waals surface area contributed by atoms with Crippen molar-refractivity contribution in [2.45, 2.75) is 309 Å². The SMILES string of the molecule is CCCCCCCCCC/C=C\CCCCCCCCCCCCCC(=O)OCC(COP(=O)(O)OCC(N)C(=O)O)OC(=O)CCCCCCCCCCCCC/C=C\CCCCCCCCCC. The Morgan fingerprint density at radius 2 is 0.714 bits per heavy atom. The molecule has 0 aliphatic rings. The van der Waals surface area contributed by atoms with Gasteiger partial charge in [-0.2, -0.15) is 0 Å². The second kappa shape index (κ2) is 53.3. The molecule has 11 nitrogen and oxygen atoms in total. The molecule has 3 atom stereocenters. The topological polar surface area (TPSA) is 172 Å². The van der Waals surface area contributed by atoms with Crippen molar-refractivity contribution in [1.29, 1.82) is 0 Å². The largest absolute Gasteiger partial charge is 0.480 e. The first kappa shape index (κ1) is 68.0. The van der Waals surface area contributed by atoms with Gasteiger partial charge >= 0.3 is 25.7 Å². The highest BCUT2D eigenvalue weighted by atomic mass is 31.2. The third-order valence-corrected chi connectivity index (χ3v) is 14.1. The van der Waals surface area contributed by atoms with E-state index in [9.17, 15) is 23.8 Å². The van der Waals surface area contributed by atoms with E-state index < -0.39 is 51.1 Å². The van der Waals surface area contributed by atoms with Crippen molar-refractivity contribution < 1.29 is 47.5 Å². The van der Waals surface area contributed by atoms with E-state index in [1.165, 1.54) is 218 Å². The summed E-state index contributed by atoms with van der Waals surface area (Å²) in [5, 5.41) is 8.95. The van der Waals surface area contributed by atoms with Crippen LogP contribution in [0.4, 0.5) is 0 Å². The van der Waals surface area contributed by atoms with Gasteiger partial charge in [-0.25, -0.2) is 4.57 Å². The van der Waals surface area contributed by atoms with Gasteiger partial charge in [-0.05, 0) is 64.2 Å². The van der Waals surface area contributed by atoms with Crippen LogP contribution >= 0.6 is 7.82 Å². The lowest BCUT2D eigenvalue weighted by Crippen LogP contribution is -2.34. The number of carbonyl (C=O) groups is 3. The van der Waals surface area contributed by atoms with E-state index in [2.05, 4.69) is 38.2 Å². The first-order valence-electron chi connectivity index (χ1n) is 29.4. The van der Waals surface area contributed by atoms with E-state index >= 15 is 0 Å². The zero-order chi connectivity index (χ0) is 51.3. The van der Waals surface area contributed by atoms with Crippen LogP contribution in [0.25, 0.3) is 0 Å². The average molecular weight is 1010 g/mol. The highest BCUT2D eigenvalue weighted by Gasteiger charge is 2.28. The Kier molecular flexibility index (Phi) is 51.7. The molecule has 4 N–H and O–H groups in total. The number of carboxylic acid groups (broad SMARTS) is 1. The van der Waals surface area contributed by atoms with Gasteiger partial charge in [0, 0.05) is 12.8 Å². The molecular weight excluding hydrogens is 902 g/mol. The molecule has 12 heteroatoms. The molecule has 412 valence electrons. The molecule has 0 radical (unpaired) electrons. The number of nitrogens with two attached hydrogens (primary N) is 1. The fourth-order valence-electron chi connectivity index (χ4n) is 8.59. The fraction of sp³-hybridized carbons (Fsp3) is 0.879. The number of phosphoric ester groups is 1. The van der Waals surface area contributed by atoms with Crippen LogP contribution in [-0.4, -0.2) is 59.9 Å². The van der Waals surface area contributed by atoms with Crippen molar-refractivity contribution in [2.24, 2.45) is 5.73 Å². The van der Waals surface area contributed by atoms with Crippen LogP contribution in [0.2, 0.25) is 0 Å². The van der Waals surface area contributed by atoms with Crippen molar-refractivity contribution in [3.8, 4) is 0 Å². The number of aliphatic carboxylic acids is 1. The molecule has 0 amide bonds. The number of phosphoric acid groups is 1. The molecular formula is C58H110NO10P. The van der Waals surface area contributed by atoms with Crippen LogP contribution in [0.5, 0.6) is 0 Å². The number of carbonyl (C=O) groups excluding carboxylic acids is 2. The van der Waals surface area contributed by atoms with Gasteiger partial charge in [-0.3, -0.25) is 23.4 Å². The van der Waals surface area contributed by atoms with E-state index in [0.29, 0.717) is 12.8 Å². The lowest BCUT2D eigenvalue weighted by atomic mass is 10.0. The summed E-state index contributed by atoms with van der Waals surface area (Å²) in [6, 6.07) is -1.52. The molecule has 0 saturated heterocycles. The molecule has 3 unspecified atom stereocenters. The number of allylic oxidation sites excluding steroid dienone is 4. The summed E-state index contributed by atoms with van der Waals surface area (Å²) in [4.78, 5) is 46.4. The third kappa shape index (κ3) is 52.3. The number of hydrogen-bond donors (Lipinski definition) is 3. The number of hydrogen-bond acceptors (Lipinski definition) is 9. The van der Waals surface area contributed by atoms with Crippen molar-refractivity contribution in [3.63, 3.8) is 0 Å². The molecule has 70 heavy (non-hydrogen) atoms. The monoisotopic (exact) mass is 1010 g/mol. The van der Waals surface area contributed by atoms with E-state index in [1.54, 1.807) is 0 Å². The van der Waals surface area contributed by atoms with Gasteiger partial charge in [0.2, 0.25) is 0 Å². The Bertz CT molecular complexity index is 1280. The van der Waals surface area contributed by atoms with Crippen LogP contribution in [0.15, 0.2) is 24.3 Å². The molecule has 0 saturated carbocycles. The van der Waals surface area contributed by atoms with Crippen LogP contribution in [-0.2, 0) is 37.5 Å². The Balaban J connectivity index is 4.13. The predicted molar refractivity (Wildman–Crippen MR) is 291 cm³/mol. The molecule has 0 aliphatic heterocycles. The van der Waals surface area contributed by atoms with Gasteiger partial charge in [-0.15, -0.1) is 0 Å². The average Bonchev–Trinajstić information content (AvgIpc) is 3.34. The summed E-state index contributed by atoms with van der Waals surface area (Å²) in [6.45, 7) is 2.87. The molecule has 0 aromatic carbocycles. The molecule has 0 aliphatic carbocycles. The molecule has 0 bridgehead atoms. The summed E-state index contributed by atoms with van der Waals surface area (Å²) < 4.78 is 33.0. The summed E-state index contributed by atoms with van der Waals surface area (Å²) in [6.07, 6.45) is 61.1. The highest BCUT2D eigenvalue weighted by molar-refractivity contribution is 7.47. The first-order chi connectivity index (χ1) is 34.1. The third-order valence-electron chi connectivity index (χ3n) is 13.2. The smallest absolute Gasteiger partial charge is 0.472 e. The summed E-state index contributed by atoms with van der Waals surface area (Å²) in [7, 11) is -4.72. The number of ether oxygens (including phenoxy) is 2. The van der Waals surface area contributed by atoms with Gasteiger partial charge in [0.25, 0.3) is 0 Å². The second-order valence-electron chi connectivity index (χ2n) is 20.1. The molecule has 0 rings (SSSR count). The van der Waals surface area contributed by atoms with Gasteiger partial charge < -0.3 is 25.2 Å². The van der Waals surface area contributed by atoms with Crippen LogP contribution in [0, 0.1) is 0 Å². The number of rotatable bonds is 56. The van der Waals surface area contributed by atoms with E-state index in [0.717, 1.165) is 38.5 Å². The zero-order valence-electron chi connectivity index (χ0n) is 45.4. The van der Waals surface area contributed by atoms with Crippen molar-refractivity contribution in [3.05, 3.63) is 24.3 Å². The summed E-state index contributed by atoms with van der Waals surface area (Å²) in [5.41, 5.74) is 5.37. The van der Waals surface area contributed by atoms with Gasteiger partial charge in [0.15, 0.2) is 6.10 Å². The number of carboxylic acids is 1. The Morgan fingerprint density at radius 3 is 1.04 bits per heavy atom. The fourth-order valence-corrected chi connectivity index (χ4v) is 9.37. The van der Waals surface area contributed by atoms with Crippen molar-refractivity contribution in [2.75, 3.05) is 19.8 Å². The maximum absolute atomic E-state index is 12.7. The highest BCUT2D eigenvalue weighted by Crippen LogP contribution is 2.43. The molecule has 0 aromatic rings. The van der Waals surface area contributed by atoms with Gasteiger partial charge in [-0.1, -0.05) is 244 Å². The summed E-state index contributed by atoms with van der Waals surface area (Å²) in [5.74, 6) is -2.36. The van der Waals surface area contributed by atoms with E-state index in [1.807, 2.05) is 0 Å². The van der Waals surface area contributed by atoms with Crippen molar-refractivity contribution in [1.82, 2.24) is 0 Å². The van der Waals surface area contributed by atoms with Crippen LogP contribution in [0.3, 0.4) is 0 Å². The quantitative estimate of drug-likeness (QED) is 0.0229. The molecule has 0 spiro atoms. The standard InChI is InChI=1S/C58H110NO10P/c1-3-5-7-9-11-13-15-17-19-21-23-25-27-29-31-33-35-37-39-41-43-45-47-49-56(60)66-51-54(52-67-70(64,65)68-53-55(59)58(62)63)69-57(61)50-48-46-44-42-40-38-36-34-32-30-28-26-24-22-20-18-16-14-12-10-8-6-4-2/h21-24,54-55H,3-20,25-53,59H2,1-2H3,(H,62,63)(H,64,65)/b23-21-,24-22-. The minimum atomic E-state index is -4.72. The first-order valence-corrected chi connectivity index (χ1v) is 30.9. The Morgan fingerprint density at radius 1 is 0.429 bits per heavy atom. The van der Waals surface area contributed by atoms with Crippen LogP contribution in [0.1, 0.15) is 296 Å². The molecule has 0 aromatic heterocycles. The van der Waals surface area contributed by atoms with E-state index in [-0.39, 0.29) is 19.4 Å². The second-order valence-corrected chi connectivity index (χ2v) is 21.6. The summed E-state index contributed by atoms with van der Waals surface area (Å²) >= 11 is 0.